The van der Waals surface area contributed by atoms with Gasteiger partial charge in [-0.25, -0.2) is 0 Å². The highest BCUT2D eigenvalue weighted by Crippen LogP contribution is 1.92. The Kier molecular flexibility index (Phi) is 5.78. The summed E-state index contributed by atoms with van der Waals surface area (Å²) in [5.74, 6) is 1.20. The Morgan fingerprint density at radius 2 is 2.27 bits per heavy atom. The summed E-state index contributed by atoms with van der Waals surface area (Å²) < 4.78 is 0. The van der Waals surface area contributed by atoms with Crippen molar-refractivity contribution < 1.29 is 5.11 Å². The Morgan fingerprint density at radius 1 is 1.64 bits per heavy atom. The molecule has 0 aliphatic rings. The van der Waals surface area contributed by atoms with Crippen LogP contribution in [0, 0.1) is 5.92 Å². The van der Waals surface area contributed by atoms with E-state index in [4.69, 9.17) is 10.8 Å². The number of nitrogens with zero attached hydrogens (tertiary/aromatic N) is 1. The molecule has 0 spiro atoms. The predicted molar refractivity (Wildman–Crippen MR) is 46.4 cm³/mol. The van der Waals surface area contributed by atoms with Crippen LogP contribution in [0.2, 0.25) is 0 Å². The second-order valence-electron chi connectivity index (χ2n) is 2.53. The molecular formula is C7H17N3O. The molecule has 0 bridgehead atoms. The van der Waals surface area contributed by atoms with Crippen LogP contribution in [0.25, 0.3) is 0 Å². The lowest BCUT2D eigenvalue weighted by Gasteiger charge is -2.11. The molecule has 0 radical (unpaired) electrons. The van der Waals surface area contributed by atoms with Crippen molar-refractivity contribution in [1.29, 1.82) is 0 Å². The fourth-order valence-corrected chi connectivity index (χ4v) is 0.725. The lowest BCUT2D eigenvalue weighted by molar-refractivity contribution is 0.300. The molecule has 0 aliphatic carbocycles. The molecule has 11 heavy (non-hydrogen) atoms. The van der Waals surface area contributed by atoms with E-state index >= 15 is 0 Å². The highest BCUT2D eigenvalue weighted by molar-refractivity contribution is 5.83. The van der Waals surface area contributed by atoms with Gasteiger partial charge in [0.2, 0.25) is 0 Å². The minimum Gasteiger partial charge on any atom is -0.395 e. The second kappa shape index (κ2) is 6.12. The molecule has 0 amide bonds. The van der Waals surface area contributed by atoms with Crippen LogP contribution in [-0.4, -0.2) is 30.8 Å². The van der Waals surface area contributed by atoms with Crippen LogP contribution in [0.15, 0.2) is 4.99 Å². The molecule has 0 atom stereocenters. The molecule has 0 aromatic heterocycles. The molecule has 0 fully saturated rings. The van der Waals surface area contributed by atoms with Gasteiger partial charge >= 0.3 is 0 Å². The van der Waals surface area contributed by atoms with Crippen LogP contribution in [0.4, 0.5) is 0 Å². The lowest BCUT2D eigenvalue weighted by atomic mass is 10.2. The summed E-state index contributed by atoms with van der Waals surface area (Å²) >= 11 is 0. The lowest BCUT2D eigenvalue weighted by Crippen LogP contribution is -2.31. The summed E-state index contributed by atoms with van der Waals surface area (Å²) in [7, 11) is 0. The number of nitrogens with two attached hydrogens (primary N) is 1. The van der Waals surface area contributed by atoms with E-state index in [9.17, 15) is 0 Å². The molecule has 4 nitrogen and oxygen atoms in total. The Hall–Kier alpha value is -0.610. The van der Waals surface area contributed by atoms with E-state index in [0.29, 0.717) is 19.1 Å². The predicted octanol–water partition coefficient (Wildman–Crippen LogP) is -0.461. The average molecular weight is 159 g/mol. The van der Waals surface area contributed by atoms with E-state index in [0.717, 1.165) is 5.84 Å². The number of nitrogens with one attached hydrogen (secondary N) is 1. The standard InChI is InChI=1S/C7H17N3O/c1-6(2)7(10-5-8)9-3-4-11/h6,11H,3-5,8H2,1-2H3,(H,9,10). The summed E-state index contributed by atoms with van der Waals surface area (Å²) in [5.41, 5.74) is 5.25. The van der Waals surface area contributed by atoms with Gasteiger partial charge in [0, 0.05) is 12.5 Å². The zero-order valence-electron chi connectivity index (χ0n) is 7.17. The maximum Gasteiger partial charge on any atom is 0.101 e. The summed E-state index contributed by atoms with van der Waals surface area (Å²) in [4.78, 5) is 4.03. The van der Waals surface area contributed by atoms with Crippen LogP contribution in [0.5, 0.6) is 0 Å². The number of rotatable bonds is 4. The molecule has 0 aliphatic heterocycles. The van der Waals surface area contributed by atoms with Gasteiger partial charge in [0.1, 0.15) is 5.84 Å². The Morgan fingerprint density at radius 3 is 2.64 bits per heavy atom. The molecule has 0 heterocycles. The van der Waals surface area contributed by atoms with Crippen molar-refractivity contribution in [2.75, 3.05) is 19.8 Å². The first kappa shape index (κ1) is 10.4. The fraction of sp³-hybridized carbons (Fsp3) is 0.857. The van der Waals surface area contributed by atoms with Gasteiger partial charge in [-0.2, -0.15) is 0 Å². The van der Waals surface area contributed by atoms with Gasteiger partial charge in [0.25, 0.3) is 0 Å². The Bertz CT molecular complexity index is 123. The molecule has 0 aromatic rings. The van der Waals surface area contributed by atoms with Crippen molar-refractivity contribution in [3.8, 4) is 0 Å². The number of hydrogen-bond donors (Lipinski definition) is 3. The van der Waals surface area contributed by atoms with Gasteiger partial charge in [-0.15, -0.1) is 0 Å². The van der Waals surface area contributed by atoms with Crippen LogP contribution in [-0.2, 0) is 0 Å². The maximum absolute atomic E-state index is 8.52. The number of aliphatic hydroxyl groups excluding tert-OH is 1. The van der Waals surface area contributed by atoms with E-state index in [1.54, 1.807) is 0 Å². The molecule has 4 heteroatoms. The quantitative estimate of drug-likeness (QED) is 0.384. The monoisotopic (exact) mass is 159 g/mol. The molecule has 66 valence electrons. The van der Waals surface area contributed by atoms with Crippen LogP contribution < -0.4 is 11.1 Å². The molecular weight excluding hydrogens is 142 g/mol. The largest absolute Gasteiger partial charge is 0.395 e. The number of amidine groups is 1. The van der Waals surface area contributed by atoms with E-state index < -0.39 is 0 Å². The highest BCUT2D eigenvalue weighted by atomic mass is 16.3. The number of aliphatic hydroxyl groups is 1. The second-order valence-corrected chi connectivity index (χ2v) is 2.53. The first-order valence-electron chi connectivity index (χ1n) is 3.81. The van der Waals surface area contributed by atoms with Crippen molar-refractivity contribution in [2.45, 2.75) is 13.8 Å². The summed E-state index contributed by atoms with van der Waals surface area (Å²) in [6, 6.07) is 0. The normalized spacial score (nSPS) is 12.3. The molecule has 4 N–H and O–H groups in total. The fourth-order valence-electron chi connectivity index (χ4n) is 0.725. The van der Waals surface area contributed by atoms with E-state index in [-0.39, 0.29) is 6.61 Å². The van der Waals surface area contributed by atoms with E-state index in [1.807, 2.05) is 13.8 Å². The van der Waals surface area contributed by atoms with Crippen molar-refractivity contribution in [1.82, 2.24) is 5.32 Å². The van der Waals surface area contributed by atoms with Gasteiger partial charge in [-0.1, -0.05) is 13.8 Å². The van der Waals surface area contributed by atoms with Crippen molar-refractivity contribution in [3.63, 3.8) is 0 Å². The van der Waals surface area contributed by atoms with Gasteiger partial charge in [0.05, 0.1) is 13.3 Å². The minimum atomic E-state index is 0.121. The molecule has 0 saturated carbocycles. The smallest absolute Gasteiger partial charge is 0.101 e. The van der Waals surface area contributed by atoms with Crippen molar-refractivity contribution in [2.24, 2.45) is 16.6 Å². The van der Waals surface area contributed by atoms with E-state index in [2.05, 4.69) is 10.3 Å². The number of hydrogen-bond acceptors (Lipinski definition) is 3. The Labute approximate surface area is 67.5 Å². The summed E-state index contributed by atoms with van der Waals surface area (Å²) in [5, 5.41) is 11.5. The average Bonchev–Trinajstić information content (AvgIpc) is 1.97. The number of aliphatic imine (C=N–C) groups is 1. The Balaban J connectivity index is 3.80. The van der Waals surface area contributed by atoms with Gasteiger partial charge in [0.15, 0.2) is 0 Å². The van der Waals surface area contributed by atoms with E-state index in [1.165, 1.54) is 0 Å². The molecule has 0 saturated heterocycles. The van der Waals surface area contributed by atoms with Gasteiger partial charge in [-0.3, -0.25) is 4.99 Å². The van der Waals surface area contributed by atoms with Gasteiger partial charge in [-0.05, 0) is 0 Å². The third-order valence-electron chi connectivity index (χ3n) is 1.23. The maximum atomic E-state index is 8.52. The molecule has 0 rings (SSSR count). The van der Waals surface area contributed by atoms with Crippen LogP contribution >= 0.6 is 0 Å². The third kappa shape index (κ3) is 4.75. The zero-order chi connectivity index (χ0) is 8.69. The molecule has 0 unspecified atom stereocenters. The van der Waals surface area contributed by atoms with Crippen LogP contribution in [0.3, 0.4) is 0 Å². The van der Waals surface area contributed by atoms with Crippen molar-refractivity contribution >= 4 is 5.84 Å². The summed E-state index contributed by atoms with van der Waals surface area (Å²) in [6.07, 6.45) is 0. The first-order valence-corrected chi connectivity index (χ1v) is 3.81. The van der Waals surface area contributed by atoms with Gasteiger partial charge < -0.3 is 16.2 Å². The SMILES string of the molecule is CC(C)C(=NCN)NCCO. The van der Waals surface area contributed by atoms with Crippen LogP contribution in [0.1, 0.15) is 13.8 Å². The minimum absolute atomic E-state index is 0.121. The topological polar surface area (TPSA) is 70.6 Å². The first-order chi connectivity index (χ1) is 5.22. The van der Waals surface area contributed by atoms with Crippen molar-refractivity contribution in [3.05, 3.63) is 0 Å². The third-order valence-corrected chi connectivity index (χ3v) is 1.23. The highest BCUT2D eigenvalue weighted by Gasteiger charge is 2.01. The zero-order valence-corrected chi connectivity index (χ0v) is 7.17. The molecule has 0 aromatic carbocycles. The summed E-state index contributed by atoms with van der Waals surface area (Å²) in [6.45, 7) is 5.01.